The number of hydrogen-bond donors (Lipinski definition) is 1. The van der Waals surface area contributed by atoms with Gasteiger partial charge in [0.2, 0.25) is 0 Å². The van der Waals surface area contributed by atoms with Crippen LogP contribution in [0.25, 0.3) is 10.9 Å². The number of rotatable bonds is 0. The number of fused-ring (bicyclic) bond motifs is 1. The number of hydrogen-bond acceptors (Lipinski definition) is 1. The van der Waals surface area contributed by atoms with Gasteiger partial charge in [0.15, 0.2) is 0 Å². The summed E-state index contributed by atoms with van der Waals surface area (Å²) in [5.74, 6) is 0. The van der Waals surface area contributed by atoms with Crippen molar-refractivity contribution in [2.45, 2.75) is 0 Å². The van der Waals surface area contributed by atoms with Crippen molar-refractivity contribution >= 4 is 10.9 Å². The highest BCUT2D eigenvalue weighted by Crippen LogP contribution is 2.07. The Hall–Kier alpha value is -1.58. The lowest BCUT2D eigenvalue weighted by atomic mass is 10.3. The fourth-order valence-electron chi connectivity index (χ4n) is 1.05. The van der Waals surface area contributed by atoms with Crippen molar-refractivity contribution in [1.82, 2.24) is 10.0 Å². The average molecular weight is 152 g/mol. The summed E-state index contributed by atoms with van der Waals surface area (Å²) in [7, 11) is 0. The first kappa shape index (κ1) is 6.15. The first-order chi connectivity index (χ1) is 5.29. The van der Waals surface area contributed by atoms with E-state index in [2.05, 4.69) is 0 Å². The fraction of sp³-hybridized carbons (Fsp3) is 0. The van der Waals surface area contributed by atoms with E-state index in [0.29, 0.717) is 5.39 Å². The van der Waals surface area contributed by atoms with Gasteiger partial charge in [-0.25, -0.2) is 5.10 Å². The molecule has 0 saturated carbocycles. The molecule has 1 aromatic carbocycles. The summed E-state index contributed by atoms with van der Waals surface area (Å²) in [6.45, 7) is 0. The van der Waals surface area contributed by atoms with Crippen molar-refractivity contribution in [2.75, 3.05) is 0 Å². The van der Waals surface area contributed by atoms with Gasteiger partial charge in [-0.3, -0.25) is 4.79 Å². The third kappa shape index (κ3) is 0.756. The van der Waals surface area contributed by atoms with Crippen molar-refractivity contribution in [3.05, 3.63) is 34.6 Å². The van der Waals surface area contributed by atoms with Crippen LogP contribution in [0.1, 0.15) is 0 Å². The minimum absolute atomic E-state index is 0.220. The lowest BCUT2D eigenvalue weighted by molar-refractivity contribution is 0.330. The van der Waals surface area contributed by atoms with Gasteiger partial charge in [-0.2, -0.15) is 0 Å². The quantitative estimate of drug-likeness (QED) is 0.602. The smallest absolute Gasteiger partial charge is 0.267 e. The Kier molecular flexibility index (Phi) is 1.09. The van der Waals surface area contributed by atoms with Gasteiger partial charge in [-0.1, -0.05) is 16.6 Å². The van der Waals surface area contributed by atoms with E-state index in [9.17, 15) is 9.28 Å². The molecule has 4 heteroatoms. The second-order valence-electron chi connectivity index (χ2n) is 2.24. The van der Waals surface area contributed by atoms with Crippen LogP contribution in [0.3, 0.4) is 0 Å². The lowest BCUT2D eigenvalue weighted by Crippen LogP contribution is -1.99. The first-order valence-corrected chi connectivity index (χ1v) is 3.15. The monoisotopic (exact) mass is 152 g/mol. The van der Waals surface area contributed by atoms with Crippen molar-refractivity contribution in [2.24, 2.45) is 0 Å². The Morgan fingerprint density at radius 3 is 2.82 bits per heavy atom. The maximum Gasteiger partial charge on any atom is 0.274 e. The number of para-hydroxylation sites is 1. The van der Waals surface area contributed by atoms with E-state index in [1.165, 1.54) is 6.07 Å². The minimum Gasteiger partial charge on any atom is -0.267 e. The van der Waals surface area contributed by atoms with Gasteiger partial charge in [0.25, 0.3) is 5.56 Å². The molecule has 0 fully saturated rings. The second kappa shape index (κ2) is 1.95. The van der Waals surface area contributed by atoms with Crippen LogP contribution in [0.4, 0.5) is 4.48 Å². The number of nitrogens with one attached hydrogen (secondary N) is 1. The third-order valence-corrected chi connectivity index (χ3v) is 1.56. The molecule has 0 spiro atoms. The summed E-state index contributed by atoms with van der Waals surface area (Å²) in [6.07, 6.45) is 0. The summed E-state index contributed by atoms with van der Waals surface area (Å²) >= 11 is 0. The average Bonchev–Trinajstić information content (AvgIpc) is 2.30. The highest BCUT2D eigenvalue weighted by atomic mass is 19.2. The Balaban J connectivity index is 3.07. The van der Waals surface area contributed by atoms with Gasteiger partial charge >= 0.3 is 0 Å². The second-order valence-corrected chi connectivity index (χ2v) is 2.24. The van der Waals surface area contributed by atoms with E-state index in [0.717, 1.165) is 0 Å². The standard InChI is InChI=1S/C7H5FN2O/c8-10-6-4-2-1-3-5(6)7(11)9-10/h1-4H,(H,9,11). The molecule has 2 rings (SSSR count). The number of aromatic amines is 1. The molecule has 0 aliphatic heterocycles. The molecule has 0 aliphatic carbocycles. The lowest BCUT2D eigenvalue weighted by Gasteiger charge is -1.85. The normalized spacial score (nSPS) is 10.6. The minimum atomic E-state index is -0.400. The molecule has 0 amide bonds. The molecule has 56 valence electrons. The van der Waals surface area contributed by atoms with E-state index < -0.39 is 5.56 Å². The van der Waals surface area contributed by atoms with Gasteiger partial charge < -0.3 is 0 Å². The molecule has 0 saturated heterocycles. The van der Waals surface area contributed by atoms with E-state index in [4.69, 9.17) is 0 Å². The van der Waals surface area contributed by atoms with Crippen LogP contribution in [-0.2, 0) is 0 Å². The molecule has 0 bridgehead atoms. The van der Waals surface area contributed by atoms with Crippen LogP contribution < -0.4 is 5.56 Å². The van der Waals surface area contributed by atoms with Crippen LogP contribution in [0.5, 0.6) is 0 Å². The Morgan fingerprint density at radius 1 is 1.36 bits per heavy atom. The van der Waals surface area contributed by atoms with Gasteiger partial charge in [0.1, 0.15) is 5.52 Å². The number of H-pyrrole nitrogens is 1. The van der Waals surface area contributed by atoms with Crippen molar-refractivity contribution in [1.29, 1.82) is 0 Å². The van der Waals surface area contributed by atoms with Gasteiger partial charge in [-0.15, -0.1) is 4.90 Å². The molecule has 1 aromatic heterocycles. The zero-order valence-electron chi connectivity index (χ0n) is 5.54. The third-order valence-electron chi connectivity index (χ3n) is 1.56. The SMILES string of the molecule is O=c1[nH]n(F)c2ccccc12. The molecule has 1 N–H and O–H groups in total. The summed E-state index contributed by atoms with van der Waals surface area (Å²) in [6, 6.07) is 6.47. The zero-order valence-corrected chi connectivity index (χ0v) is 5.54. The van der Waals surface area contributed by atoms with Gasteiger partial charge in [0.05, 0.1) is 5.39 Å². The van der Waals surface area contributed by atoms with Crippen LogP contribution in [0.15, 0.2) is 29.1 Å². The molecule has 0 unspecified atom stereocenters. The molecular weight excluding hydrogens is 147 g/mol. The van der Waals surface area contributed by atoms with Crippen LogP contribution in [-0.4, -0.2) is 10.0 Å². The summed E-state index contributed by atoms with van der Waals surface area (Å²) in [5.41, 5.74) is -0.124. The molecule has 2 aromatic rings. The van der Waals surface area contributed by atoms with Crippen molar-refractivity contribution in [3.63, 3.8) is 0 Å². The van der Waals surface area contributed by atoms with E-state index in [1.54, 1.807) is 18.2 Å². The van der Waals surface area contributed by atoms with Gasteiger partial charge in [0, 0.05) is 0 Å². The van der Waals surface area contributed by atoms with Gasteiger partial charge in [-0.05, 0) is 12.1 Å². The van der Waals surface area contributed by atoms with E-state index in [-0.39, 0.29) is 10.4 Å². The predicted molar refractivity (Wildman–Crippen MR) is 39.1 cm³/mol. The van der Waals surface area contributed by atoms with Crippen LogP contribution in [0, 0.1) is 0 Å². The summed E-state index contributed by atoms with van der Waals surface area (Å²) in [4.78, 5) is 11.1. The first-order valence-electron chi connectivity index (χ1n) is 3.15. The number of aromatic nitrogens is 2. The Morgan fingerprint density at radius 2 is 2.09 bits per heavy atom. The number of halogens is 1. The maximum absolute atomic E-state index is 12.7. The molecule has 1 heterocycles. The molecule has 0 aliphatic rings. The number of benzene rings is 1. The molecule has 0 radical (unpaired) electrons. The predicted octanol–water partition coefficient (Wildman–Crippen LogP) is 1.06. The topological polar surface area (TPSA) is 37.8 Å². The van der Waals surface area contributed by atoms with Crippen molar-refractivity contribution < 1.29 is 4.48 Å². The van der Waals surface area contributed by atoms with E-state index >= 15 is 0 Å². The molecule has 3 nitrogen and oxygen atoms in total. The highest BCUT2D eigenvalue weighted by Gasteiger charge is 2.02. The highest BCUT2D eigenvalue weighted by molar-refractivity contribution is 5.77. The number of nitrogens with zero attached hydrogens (tertiary/aromatic N) is 1. The zero-order chi connectivity index (χ0) is 7.84. The molecular formula is C7H5FN2O. The summed E-state index contributed by atoms with van der Waals surface area (Å²) < 4.78 is 12.7. The van der Waals surface area contributed by atoms with Crippen LogP contribution >= 0.6 is 0 Å². The molecule has 0 atom stereocenters. The Labute approximate surface area is 61.0 Å². The van der Waals surface area contributed by atoms with Crippen molar-refractivity contribution in [3.8, 4) is 0 Å². The largest absolute Gasteiger partial charge is 0.274 e. The maximum atomic E-state index is 12.7. The summed E-state index contributed by atoms with van der Waals surface area (Å²) in [5, 5.41) is 2.38. The fourth-order valence-corrected chi connectivity index (χ4v) is 1.05. The molecule has 11 heavy (non-hydrogen) atoms. The van der Waals surface area contributed by atoms with E-state index in [1.807, 2.05) is 5.10 Å². The Bertz CT molecular complexity index is 443. The van der Waals surface area contributed by atoms with Crippen LogP contribution in [0.2, 0.25) is 0 Å².